The summed E-state index contributed by atoms with van der Waals surface area (Å²) in [5.41, 5.74) is 1.75. The lowest BCUT2D eigenvalue weighted by Gasteiger charge is -2.09. The van der Waals surface area contributed by atoms with Crippen molar-refractivity contribution in [1.82, 2.24) is 0 Å². The van der Waals surface area contributed by atoms with Crippen molar-refractivity contribution in [2.75, 3.05) is 12.4 Å². The van der Waals surface area contributed by atoms with Gasteiger partial charge < -0.3 is 15.2 Å². The van der Waals surface area contributed by atoms with E-state index < -0.39 is 0 Å². The third-order valence-electron chi connectivity index (χ3n) is 2.60. The van der Waals surface area contributed by atoms with Crippen molar-refractivity contribution >= 4 is 28.9 Å². The average molecular weight is 298 g/mol. The van der Waals surface area contributed by atoms with E-state index in [1.54, 1.807) is 30.3 Å². The zero-order chi connectivity index (χ0) is 13.8. The molecule has 5 heteroatoms. The van der Waals surface area contributed by atoms with Crippen LogP contribution in [0.4, 0.5) is 5.69 Å². The first kappa shape index (κ1) is 13.8. The van der Waals surface area contributed by atoms with Crippen LogP contribution in [0.1, 0.15) is 5.56 Å². The summed E-state index contributed by atoms with van der Waals surface area (Å²) in [5.74, 6) is 0.570. The minimum atomic E-state index is 0.117. The molecular formula is C14H13Cl2NO2. The predicted octanol–water partition coefficient (Wildman–Crippen LogP) is 4.32. The Bertz CT molecular complexity index is 567. The molecule has 0 bridgehead atoms. The third-order valence-corrected chi connectivity index (χ3v) is 3.04. The van der Waals surface area contributed by atoms with Crippen LogP contribution >= 0.6 is 23.2 Å². The lowest BCUT2D eigenvalue weighted by molar-refractivity contribution is 0.373. The summed E-state index contributed by atoms with van der Waals surface area (Å²) in [4.78, 5) is 0. The third kappa shape index (κ3) is 3.69. The van der Waals surface area contributed by atoms with Crippen molar-refractivity contribution in [1.29, 1.82) is 0 Å². The molecule has 0 saturated heterocycles. The molecule has 0 aliphatic rings. The molecular weight excluding hydrogens is 285 g/mol. The first-order valence-corrected chi connectivity index (χ1v) is 6.40. The first-order valence-electron chi connectivity index (χ1n) is 5.64. The van der Waals surface area contributed by atoms with Gasteiger partial charge in [0, 0.05) is 22.3 Å². The molecule has 3 nitrogen and oxygen atoms in total. The van der Waals surface area contributed by atoms with Gasteiger partial charge in [0.15, 0.2) is 11.5 Å². The van der Waals surface area contributed by atoms with E-state index in [-0.39, 0.29) is 5.75 Å². The molecule has 0 saturated carbocycles. The van der Waals surface area contributed by atoms with Crippen LogP contribution in [0.15, 0.2) is 36.4 Å². The molecule has 0 spiro atoms. The van der Waals surface area contributed by atoms with Crippen molar-refractivity contribution < 1.29 is 9.84 Å². The number of halogens is 2. The van der Waals surface area contributed by atoms with Crippen molar-refractivity contribution in [2.45, 2.75) is 6.54 Å². The lowest BCUT2D eigenvalue weighted by atomic mass is 10.2. The molecule has 19 heavy (non-hydrogen) atoms. The molecule has 0 heterocycles. The van der Waals surface area contributed by atoms with E-state index in [0.717, 1.165) is 11.3 Å². The monoisotopic (exact) mass is 297 g/mol. The number of phenols is 1. The Morgan fingerprint density at radius 2 is 1.79 bits per heavy atom. The van der Waals surface area contributed by atoms with Gasteiger partial charge in [-0.3, -0.25) is 0 Å². The Morgan fingerprint density at radius 1 is 1.11 bits per heavy atom. The standard InChI is InChI=1S/C14H13Cl2NO2/c1-19-14-3-2-9(4-13(14)18)8-17-12-6-10(15)5-11(16)7-12/h2-7,17-18H,8H2,1H3. The van der Waals surface area contributed by atoms with Crippen LogP contribution < -0.4 is 10.1 Å². The summed E-state index contributed by atoms with van der Waals surface area (Å²) in [5, 5.41) is 14.0. The molecule has 2 aromatic carbocycles. The largest absolute Gasteiger partial charge is 0.504 e. The van der Waals surface area contributed by atoms with E-state index in [1.807, 2.05) is 6.07 Å². The Morgan fingerprint density at radius 3 is 2.37 bits per heavy atom. The number of ether oxygens (including phenoxy) is 1. The Labute approximate surface area is 121 Å². The van der Waals surface area contributed by atoms with Gasteiger partial charge in [0.05, 0.1) is 7.11 Å². The topological polar surface area (TPSA) is 41.5 Å². The fourth-order valence-corrected chi connectivity index (χ4v) is 2.23. The fraction of sp³-hybridized carbons (Fsp3) is 0.143. The summed E-state index contributed by atoms with van der Waals surface area (Å²) < 4.78 is 4.99. The average Bonchev–Trinajstić information content (AvgIpc) is 2.35. The molecule has 0 radical (unpaired) electrons. The minimum Gasteiger partial charge on any atom is -0.504 e. The second-order valence-electron chi connectivity index (χ2n) is 4.02. The molecule has 0 aromatic heterocycles. The second kappa shape index (κ2) is 6.04. The van der Waals surface area contributed by atoms with Crippen molar-refractivity contribution in [2.24, 2.45) is 0 Å². The van der Waals surface area contributed by atoms with E-state index in [2.05, 4.69) is 5.32 Å². The number of phenolic OH excluding ortho intramolecular Hbond substituents is 1. The molecule has 0 fully saturated rings. The molecule has 0 aliphatic carbocycles. The Balaban J connectivity index is 2.08. The number of hydrogen-bond donors (Lipinski definition) is 2. The van der Waals surface area contributed by atoms with Gasteiger partial charge in [-0.05, 0) is 35.9 Å². The summed E-state index contributed by atoms with van der Waals surface area (Å²) in [6, 6.07) is 10.5. The fourth-order valence-electron chi connectivity index (χ4n) is 1.71. The molecule has 0 atom stereocenters. The molecule has 0 aliphatic heterocycles. The molecule has 0 amide bonds. The number of rotatable bonds is 4. The highest BCUT2D eigenvalue weighted by atomic mass is 35.5. The summed E-state index contributed by atoms with van der Waals surface area (Å²) in [7, 11) is 1.51. The maximum absolute atomic E-state index is 9.68. The van der Waals surface area contributed by atoms with Gasteiger partial charge in [-0.2, -0.15) is 0 Å². The second-order valence-corrected chi connectivity index (χ2v) is 4.89. The quantitative estimate of drug-likeness (QED) is 0.883. The van der Waals surface area contributed by atoms with Crippen molar-refractivity contribution in [3.05, 3.63) is 52.0 Å². The van der Waals surface area contributed by atoms with Crippen LogP contribution in [0.3, 0.4) is 0 Å². The number of benzene rings is 2. The Kier molecular flexibility index (Phi) is 4.40. The number of nitrogens with one attached hydrogen (secondary N) is 1. The zero-order valence-electron chi connectivity index (χ0n) is 10.3. The maximum atomic E-state index is 9.68. The van der Waals surface area contributed by atoms with Crippen LogP contribution in [-0.2, 0) is 6.54 Å². The SMILES string of the molecule is COc1ccc(CNc2cc(Cl)cc(Cl)c2)cc1O. The van der Waals surface area contributed by atoms with E-state index in [1.165, 1.54) is 7.11 Å². The van der Waals surface area contributed by atoms with Gasteiger partial charge >= 0.3 is 0 Å². The maximum Gasteiger partial charge on any atom is 0.160 e. The van der Waals surface area contributed by atoms with E-state index >= 15 is 0 Å². The van der Waals surface area contributed by atoms with E-state index in [9.17, 15) is 5.11 Å². The summed E-state index contributed by atoms with van der Waals surface area (Å²) >= 11 is 11.8. The van der Waals surface area contributed by atoms with Gasteiger partial charge in [-0.15, -0.1) is 0 Å². The highest BCUT2D eigenvalue weighted by Gasteiger charge is 2.03. The number of anilines is 1. The molecule has 2 N–H and O–H groups in total. The van der Waals surface area contributed by atoms with Crippen molar-refractivity contribution in [3.63, 3.8) is 0 Å². The summed E-state index contributed by atoms with van der Waals surface area (Å²) in [6.07, 6.45) is 0. The molecule has 100 valence electrons. The van der Waals surface area contributed by atoms with Crippen LogP contribution in [0, 0.1) is 0 Å². The molecule has 0 unspecified atom stereocenters. The number of aromatic hydroxyl groups is 1. The molecule has 2 rings (SSSR count). The highest BCUT2D eigenvalue weighted by molar-refractivity contribution is 6.35. The Hall–Kier alpha value is -1.58. The van der Waals surface area contributed by atoms with Gasteiger partial charge in [-0.1, -0.05) is 29.3 Å². The molecule has 2 aromatic rings. The van der Waals surface area contributed by atoms with Crippen LogP contribution in [-0.4, -0.2) is 12.2 Å². The minimum absolute atomic E-state index is 0.117. The number of methoxy groups -OCH3 is 1. The van der Waals surface area contributed by atoms with Gasteiger partial charge in [0.2, 0.25) is 0 Å². The van der Waals surface area contributed by atoms with Gasteiger partial charge in [-0.25, -0.2) is 0 Å². The van der Waals surface area contributed by atoms with E-state index in [4.69, 9.17) is 27.9 Å². The van der Waals surface area contributed by atoms with Gasteiger partial charge in [0.1, 0.15) is 0 Å². The zero-order valence-corrected chi connectivity index (χ0v) is 11.8. The van der Waals surface area contributed by atoms with Crippen LogP contribution in [0.5, 0.6) is 11.5 Å². The van der Waals surface area contributed by atoms with Crippen LogP contribution in [0.25, 0.3) is 0 Å². The van der Waals surface area contributed by atoms with E-state index in [0.29, 0.717) is 22.3 Å². The van der Waals surface area contributed by atoms with Gasteiger partial charge in [0.25, 0.3) is 0 Å². The summed E-state index contributed by atoms with van der Waals surface area (Å²) in [6.45, 7) is 0.550. The first-order chi connectivity index (χ1) is 9.08. The van der Waals surface area contributed by atoms with Crippen LogP contribution in [0.2, 0.25) is 10.0 Å². The normalized spacial score (nSPS) is 10.3. The smallest absolute Gasteiger partial charge is 0.160 e. The number of hydrogen-bond acceptors (Lipinski definition) is 3. The lowest BCUT2D eigenvalue weighted by Crippen LogP contribution is -1.99. The highest BCUT2D eigenvalue weighted by Crippen LogP contribution is 2.27. The van der Waals surface area contributed by atoms with Crippen molar-refractivity contribution in [3.8, 4) is 11.5 Å². The predicted molar refractivity (Wildman–Crippen MR) is 78.4 cm³/mol.